The molecule has 0 fully saturated rings. The van der Waals surface area contributed by atoms with Crippen molar-refractivity contribution in [1.29, 1.82) is 5.26 Å². The smallest absolute Gasteiger partial charge is 0.261 e. The van der Waals surface area contributed by atoms with Gasteiger partial charge in [-0.1, -0.05) is 61.2 Å². The van der Waals surface area contributed by atoms with Gasteiger partial charge in [0.25, 0.3) is 5.91 Å². The van der Waals surface area contributed by atoms with Crippen molar-refractivity contribution in [1.82, 2.24) is 10.3 Å². The van der Waals surface area contributed by atoms with Crippen molar-refractivity contribution in [2.45, 2.75) is 6.42 Å². The Morgan fingerprint density at radius 3 is 2.69 bits per heavy atom. The second-order valence-corrected chi connectivity index (χ2v) is 7.33. The molecule has 0 atom stereocenters. The van der Waals surface area contributed by atoms with E-state index in [0.717, 1.165) is 27.2 Å². The fourth-order valence-electron chi connectivity index (χ4n) is 3.74. The van der Waals surface area contributed by atoms with E-state index in [4.69, 9.17) is 4.74 Å². The highest BCUT2D eigenvalue weighted by Gasteiger charge is 2.13. The lowest BCUT2D eigenvalue weighted by Gasteiger charge is -2.11. The van der Waals surface area contributed by atoms with Crippen LogP contribution in [0.25, 0.3) is 27.8 Å². The van der Waals surface area contributed by atoms with Gasteiger partial charge in [0, 0.05) is 29.2 Å². The molecule has 2 N–H and O–H groups in total. The van der Waals surface area contributed by atoms with Crippen molar-refractivity contribution < 1.29 is 9.53 Å². The number of aromatic amines is 1. The number of rotatable bonds is 8. The largest absolute Gasteiger partial charge is 0.489 e. The van der Waals surface area contributed by atoms with E-state index in [1.807, 2.05) is 66.9 Å². The first kappa shape index (κ1) is 21.0. The molecule has 1 heterocycles. The van der Waals surface area contributed by atoms with Crippen LogP contribution in [0, 0.1) is 11.3 Å². The molecule has 0 aliphatic rings. The summed E-state index contributed by atoms with van der Waals surface area (Å²) in [6.45, 7) is 4.44. The Kier molecular flexibility index (Phi) is 6.33. The maximum atomic E-state index is 12.8. The number of hydrogen-bond donors (Lipinski definition) is 2. The van der Waals surface area contributed by atoms with Gasteiger partial charge in [0.2, 0.25) is 0 Å². The van der Waals surface area contributed by atoms with Crippen LogP contribution in [0.3, 0.4) is 0 Å². The number of carbonyl (C=O) groups excluding carboxylic acids is 1. The number of carbonyl (C=O) groups is 1. The Hall–Kier alpha value is -4.30. The van der Waals surface area contributed by atoms with Gasteiger partial charge < -0.3 is 15.0 Å². The predicted molar refractivity (Wildman–Crippen MR) is 128 cm³/mol. The zero-order valence-corrected chi connectivity index (χ0v) is 17.6. The molecular formula is C27H23N3O2. The van der Waals surface area contributed by atoms with Crippen LogP contribution in [0.15, 0.2) is 85.1 Å². The number of nitrogens with zero attached hydrogens (tertiary/aromatic N) is 1. The molecule has 0 bridgehead atoms. The monoisotopic (exact) mass is 421 g/mol. The average Bonchev–Trinajstić information content (AvgIpc) is 3.24. The third-order valence-corrected chi connectivity index (χ3v) is 5.30. The Morgan fingerprint density at radius 1 is 1.09 bits per heavy atom. The highest BCUT2D eigenvalue weighted by atomic mass is 16.5. The quantitative estimate of drug-likeness (QED) is 0.235. The molecule has 5 heteroatoms. The maximum absolute atomic E-state index is 12.8. The van der Waals surface area contributed by atoms with Crippen LogP contribution < -0.4 is 10.1 Å². The van der Waals surface area contributed by atoms with Crippen LogP contribution in [-0.4, -0.2) is 24.0 Å². The van der Waals surface area contributed by atoms with Crippen LogP contribution in [0.5, 0.6) is 5.75 Å². The van der Waals surface area contributed by atoms with Crippen molar-refractivity contribution in [3.63, 3.8) is 0 Å². The summed E-state index contributed by atoms with van der Waals surface area (Å²) in [6.07, 6.45) is 5.88. The fourth-order valence-corrected chi connectivity index (χ4v) is 3.74. The molecule has 0 spiro atoms. The number of amides is 1. The standard InChI is InChI=1S/C27H23N3O2/c1-2-15-32-26-12-11-19-7-3-4-8-22(19)24(26)16-21(17-28)27(31)29-14-13-20-18-30-25-10-6-5-9-23(20)25/h2-12,16,18,30H,1,13-15H2,(H,29,31)/b21-16-. The molecular weight excluding hydrogens is 398 g/mol. The number of H-pyrrole nitrogens is 1. The first-order valence-electron chi connectivity index (χ1n) is 10.4. The van der Waals surface area contributed by atoms with Gasteiger partial charge in [-0.15, -0.1) is 0 Å². The van der Waals surface area contributed by atoms with Gasteiger partial charge in [-0.3, -0.25) is 4.79 Å². The number of aromatic nitrogens is 1. The van der Waals surface area contributed by atoms with E-state index >= 15 is 0 Å². The number of ether oxygens (including phenoxy) is 1. The number of hydrogen-bond acceptors (Lipinski definition) is 3. The molecule has 0 unspecified atom stereocenters. The normalized spacial score (nSPS) is 11.3. The van der Waals surface area contributed by atoms with Gasteiger partial charge in [0.1, 0.15) is 24.0 Å². The van der Waals surface area contributed by atoms with E-state index < -0.39 is 5.91 Å². The lowest BCUT2D eigenvalue weighted by atomic mass is 10.0. The van der Waals surface area contributed by atoms with Crippen LogP contribution >= 0.6 is 0 Å². The molecule has 158 valence electrons. The van der Waals surface area contributed by atoms with Crippen molar-refractivity contribution >= 4 is 33.7 Å². The first-order valence-corrected chi connectivity index (χ1v) is 10.4. The van der Waals surface area contributed by atoms with E-state index in [1.54, 1.807) is 12.2 Å². The predicted octanol–water partition coefficient (Wildman–Crippen LogP) is 5.15. The fraction of sp³-hybridized carbons (Fsp3) is 0.111. The number of para-hydroxylation sites is 1. The molecule has 0 saturated heterocycles. The van der Waals surface area contributed by atoms with Crippen molar-refractivity contribution in [2.75, 3.05) is 13.2 Å². The summed E-state index contributed by atoms with van der Waals surface area (Å²) in [5, 5.41) is 15.6. The molecule has 4 rings (SSSR count). The second kappa shape index (κ2) is 9.67. The van der Waals surface area contributed by atoms with Gasteiger partial charge in [0.15, 0.2) is 0 Å². The van der Waals surface area contributed by atoms with E-state index in [9.17, 15) is 10.1 Å². The highest BCUT2D eigenvalue weighted by Crippen LogP contribution is 2.30. The SMILES string of the molecule is C=CCOc1ccc2ccccc2c1/C=C(/C#N)C(=O)NCCc1c[nH]c2ccccc12. The van der Waals surface area contributed by atoms with Crippen LogP contribution in [0.4, 0.5) is 0 Å². The molecule has 4 aromatic rings. The van der Waals surface area contributed by atoms with Gasteiger partial charge in [-0.05, 0) is 41.0 Å². The summed E-state index contributed by atoms with van der Waals surface area (Å²) >= 11 is 0. The average molecular weight is 422 g/mol. The molecule has 32 heavy (non-hydrogen) atoms. The van der Waals surface area contributed by atoms with Crippen LogP contribution in [-0.2, 0) is 11.2 Å². The summed E-state index contributed by atoms with van der Waals surface area (Å²) in [7, 11) is 0. The Balaban J connectivity index is 1.55. The zero-order chi connectivity index (χ0) is 22.3. The maximum Gasteiger partial charge on any atom is 0.261 e. The summed E-state index contributed by atoms with van der Waals surface area (Å²) in [5.74, 6) is 0.192. The van der Waals surface area contributed by atoms with E-state index in [-0.39, 0.29) is 5.57 Å². The minimum absolute atomic E-state index is 0.0312. The first-order chi connectivity index (χ1) is 15.7. The minimum Gasteiger partial charge on any atom is -0.489 e. The highest BCUT2D eigenvalue weighted by molar-refractivity contribution is 6.05. The molecule has 0 radical (unpaired) electrons. The van der Waals surface area contributed by atoms with Crippen molar-refractivity contribution in [3.05, 3.63) is 96.2 Å². The Morgan fingerprint density at radius 2 is 1.88 bits per heavy atom. The summed E-state index contributed by atoms with van der Waals surface area (Å²) < 4.78 is 5.78. The number of benzene rings is 3. The molecule has 0 aliphatic carbocycles. The van der Waals surface area contributed by atoms with Gasteiger partial charge in [-0.2, -0.15) is 5.26 Å². The van der Waals surface area contributed by atoms with Crippen LogP contribution in [0.1, 0.15) is 11.1 Å². The molecule has 1 aromatic heterocycles. The molecule has 1 amide bonds. The number of fused-ring (bicyclic) bond motifs is 2. The molecule has 5 nitrogen and oxygen atoms in total. The van der Waals surface area contributed by atoms with E-state index in [1.165, 1.54) is 0 Å². The lowest BCUT2D eigenvalue weighted by Crippen LogP contribution is -2.26. The molecule has 3 aromatic carbocycles. The van der Waals surface area contributed by atoms with Gasteiger partial charge in [-0.25, -0.2) is 0 Å². The Bertz CT molecular complexity index is 1360. The third kappa shape index (κ3) is 4.40. The van der Waals surface area contributed by atoms with E-state index in [0.29, 0.717) is 30.9 Å². The van der Waals surface area contributed by atoms with Gasteiger partial charge in [0.05, 0.1) is 0 Å². The van der Waals surface area contributed by atoms with Crippen molar-refractivity contribution in [2.24, 2.45) is 0 Å². The zero-order valence-electron chi connectivity index (χ0n) is 17.6. The topological polar surface area (TPSA) is 77.9 Å². The third-order valence-electron chi connectivity index (χ3n) is 5.30. The minimum atomic E-state index is -0.407. The molecule has 0 aliphatic heterocycles. The number of nitrogens with one attached hydrogen (secondary N) is 2. The van der Waals surface area contributed by atoms with E-state index in [2.05, 4.69) is 22.9 Å². The summed E-state index contributed by atoms with van der Waals surface area (Å²) in [5.41, 5.74) is 2.92. The summed E-state index contributed by atoms with van der Waals surface area (Å²) in [4.78, 5) is 16.0. The second-order valence-electron chi connectivity index (χ2n) is 7.33. The Labute approximate surface area is 186 Å². The lowest BCUT2D eigenvalue weighted by molar-refractivity contribution is -0.117. The van der Waals surface area contributed by atoms with Crippen molar-refractivity contribution in [3.8, 4) is 11.8 Å². The van der Waals surface area contributed by atoms with Crippen LogP contribution in [0.2, 0.25) is 0 Å². The molecule has 0 saturated carbocycles. The summed E-state index contributed by atoms with van der Waals surface area (Å²) in [6, 6.07) is 21.7. The number of nitriles is 1. The van der Waals surface area contributed by atoms with Gasteiger partial charge >= 0.3 is 0 Å².